The van der Waals surface area contributed by atoms with Crippen LogP contribution in [-0.4, -0.2) is 38.1 Å². The van der Waals surface area contributed by atoms with Gasteiger partial charge in [-0.15, -0.1) is 0 Å². The van der Waals surface area contributed by atoms with Crippen LogP contribution in [0.5, 0.6) is 0 Å². The van der Waals surface area contributed by atoms with Gasteiger partial charge in [-0.25, -0.2) is 4.39 Å². The standard InChI is InChI=1S/C14H22ClFN2/c1-4-7-17-12(10-18(2)3)8-11-5-6-14(16)13(15)9-11/h5-6,9,12,17H,4,7-8,10H2,1-3H3. The van der Waals surface area contributed by atoms with Crippen LogP contribution in [-0.2, 0) is 6.42 Å². The van der Waals surface area contributed by atoms with Gasteiger partial charge in [-0.2, -0.15) is 0 Å². The molecular weight excluding hydrogens is 251 g/mol. The van der Waals surface area contributed by atoms with E-state index in [2.05, 4.69) is 31.2 Å². The highest BCUT2D eigenvalue weighted by Gasteiger charge is 2.11. The second kappa shape index (κ2) is 7.72. The zero-order valence-electron chi connectivity index (χ0n) is 11.3. The molecule has 0 fully saturated rings. The van der Waals surface area contributed by atoms with Crippen molar-refractivity contribution in [2.45, 2.75) is 25.8 Å². The third-order valence-corrected chi connectivity index (χ3v) is 3.02. The minimum atomic E-state index is -0.355. The van der Waals surface area contributed by atoms with E-state index < -0.39 is 0 Å². The van der Waals surface area contributed by atoms with E-state index in [4.69, 9.17) is 11.6 Å². The molecule has 1 unspecified atom stereocenters. The minimum absolute atomic E-state index is 0.201. The lowest BCUT2D eigenvalue weighted by atomic mass is 10.1. The van der Waals surface area contributed by atoms with Gasteiger partial charge in [-0.05, 0) is 51.2 Å². The summed E-state index contributed by atoms with van der Waals surface area (Å²) in [7, 11) is 4.11. The summed E-state index contributed by atoms with van der Waals surface area (Å²) >= 11 is 5.80. The van der Waals surface area contributed by atoms with E-state index in [1.807, 2.05) is 0 Å². The van der Waals surface area contributed by atoms with E-state index in [-0.39, 0.29) is 10.8 Å². The SMILES string of the molecule is CCCNC(Cc1ccc(F)c(Cl)c1)CN(C)C. The number of nitrogens with one attached hydrogen (secondary N) is 1. The van der Waals surface area contributed by atoms with Crippen LogP contribution in [0.25, 0.3) is 0 Å². The average molecular weight is 273 g/mol. The van der Waals surface area contributed by atoms with E-state index in [1.54, 1.807) is 12.1 Å². The summed E-state index contributed by atoms with van der Waals surface area (Å²) in [4.78, 5) is 2.15. The molecule has 0 aliphatic carbocycles. The van der Waals surface area contributed by atoms with Crippen LogP contribution in [0.2, 0.25) is 5.02 Å². The highest BCUT2D eigenvalue weighted by molar-refractivity contribution is 6.30. The first-order valence-electron chi connectivity index (χ1n) is 6.35. The summed E-state index contributed by atoms with van der Waals surface area (Å²) in [6, 6.07) is 5.32. The Morgan fingerprint density at radius 3 is 2.67 bits per heavy atom. The lowest BCUT2D eigenvalue weighted by Crippen LogP contribution is -2.40. The largest absolute Gasteiger partial charge is 0.312 e. The predicted octanol–water partition coefficient (Wildman–Crippen LogP) is 2.95. The number of benzene rings is 1. The van der Waals surface area contributed by atoms with Gasteiger partial charge >= 0.3 is 0 Å². The van der Waals surface area contributed by atoms with Gasteiger partial charge in [0.2, 0.25) is 0 Å². The van der Waals surface area contributed by atoms with Crippen molar-refractivity contribution in [2.24, 2.45) is 0 Å². The molecule has 18 heavy (non-hydrogen) atoms. The number of nitrogens with zero attached hydrogens (tertiary/aromatic N) is 1. The molecule has 0 bridgehead atoms. The lowest BCUT2D eigenvalue weighted by Gasteiger charge is -2.22. The third kappa shape index (κ3) is 5.34. The van der Waals surface area contributed by atoms with Crippen LogP contribution in [0.3, 0.4) is 0 Å². The predicted molar refractivity (Wildman–Crippen MR) is 75.7 cm³/mol. The number of hydrogen-bond acceptors (Lipinski definition) is 2. The Morgan fingerprint density at radius 1 is 1.39 bits per heavy atom. The summed E-state index contributed by atoms with van der Waals surface area (Å²) in [5.41, 5.74) is 1.07. The van der Waals surface area contributed by atoms with E-state index in [0.717, 1.165) is 31.5 Å². The molecule has 0 saturated heterocycles. The van der Waals surface area contributed by atoms with Crippen molar-refractivity contribution in [3.05, 3.63) is 34.6 Å². The molecule has 102 valence electrons. The smallest absolute Gasteiger partial charge is 0.141 e. The van der Waals surface area contributed by atoms with Crippen LogP contribution in [0, 0.1) is 5.82 Å². The van der Waals surface area contributed by atoms with Crippen LogP contribution < -0.4 is 5.32 Å². The Balaban J connectivity index is 2.65. The average Bonchev–Trinajstić information content (AvgIpc) is 2.30. The zero-order chi connectivity index (χ0) is 13.5. The molecule has 0 aliphatic heterocycles. The molecule has 1 N–H and O–H groups in total. The maximum absolute atomic E-state index is 13.1. The Labute approximate surface area is 114 Å². The second-order valence-electron chi connectivity index (χ2n) is 4.87. The van der Waals surface area contributed by atoms with Crippen LogP contribution in [0.1, 0.15) is 18.9 Å². The molecule has 0 amide bonds. The fraction of sp³-hybridized carbons (Fsp3) is 0.571. The van der Waals surface area contributed by atoms with Gasteiger partial charge in [-0.1, -0.05) is 24.6 Å². The Morgan fingerprint density at radius 2 is 2.11 bits per heavy atom. The lowest BCUT2D eigenvalue weighted by molar-refractivity contribution is 0.336. The molecule has 1 aromatic carbocycles. The van der Waals surface area contributed by atoms with E-state index >= 15 is 0 Å². The van der Waals surface area contributed by atoms with Crippen molar-refractivity contribution < 1.29 is 4.39 Å². The van der Waals surface area contributed by atoms with E-state index in [1.165, 1.54) is 6.07 Å². The Hall–Kier alpha value is -0.640. The van der Waals surface area contributed by atoms with Gasteiger partial charge in [0.05, 0.1) is 5.02 Å². The molecule has 0 aliphatic rings. The summed E-state index contributed by atoms with van der Waals surface area (Å²) in [5.74, 6) is -0.355. The monoisotopic (exact) mass is 272 g/mol. The normalized spacial score (nSPS) is 13.0. The van der Waals surface area contributed by atoms with Gasteiger partial charge in [0.1, 0.15) is 5.82 Å². The van der Waals surface area contributed by atoms with Crippen molar-refractivity contribution in [1.29, 1.82) is 0 Å². The number of hydrogen-bond donors (Lipinski definition) is 1. The molecule has 0 saturated carbocycles. The molecule has 1 aromatic rings. The summed E-state index contributed by atoms with van der Waals surface area (Å²) in [6.07, 6.45) is 1.96. The van der Waals surface area contributed by atoms with Crippen LogP contribution in [0.15, 0.2) is 18.2 Å². The van der Waals surface area contributed by atoms with Crippen molar-refractivity contribution in [2.75, 3.05) is 27.2 Å². The minimum Gasteiger partial charge on any atom is -0.312 e. The molecular formula is C14H22ClFN2. The van der Waals surface area contributed by atoms with Gasteiger partial charge in [0, 0.05) is 12.6 Å². The third-order valence-electron chi connectivity index (χ3n) is 2.73. The molecule has 0 radical (unpaired) electrons. The van der Waals surface area contributed by atoms with Crippen molar-refractivity contribution in [3.63, 3.8) is 0 Å². The highest BCUT2D eigenvalue weighted by atomic mass is 35.5. The first kappa shape index (κ1) is 15.4. The van der Waals surface area contributed by atoms with E-state index in [0.29, 0.717) is 6.04 Å². The molecule has 1 atom stereocenters. The van der Waals surface area contributed by atoms with Crippen molar-refractivity contribution >= 4 is 11.6 Å². The fourth-order valence-electron chi connectivity index (χ4n) is 1.94. The molecule has 4 heteroatoms. The number of halogens is 2. The number of likely N-dealkylation sites (N-methyl/N-ethyl adjacent to an activating group) is 1. The maximum Gasteiger partial charge on any atom is 0.141 e. The van der Waals surface area contributed by atoms with Crippen LogP contribution >= 0.6 is 11.6 Å². The first-order valence-corrected chi connectivity index (χ1v) is 6.72. The van der Waals surface area contributed by atoms with Gasteiger partial charge < -0.3 is 10.2 Å². The van der Waals surface area contributed by atoms with Crippen LogP contribution in [0.4, 0.5) is 4.39 Å². The Kier molecular flexibility index (Phi) is 6.61. The molecule has 0 aromatic heterocycles. The molecule has 1 rings (SSSR count). The Bertz CT molecular complexity index is 369. The van der Waals surface area contributed by atoms with Gasteiger partial charge in [0.15, 0.2) is 0 Å². The fourth-order valence-corrected chi connectivity index (χ4v) is 2.14. The molecule has 0 spiro atoms. The summed E-state index contributed by atoms with van der Waals surface area (Å²) < 4.78 is 13.1. The molecule has 0 heterocycles. The summed E-state index contributed by atoms with van der Waals surface area (Å²) in [6.45, 7) is 4.09. The van der Waals surface area contributed by atoms with Crippen molar-refractivity contribution in [3.8, 4) is 0 Å². The van der Waals surface area contributed by atoms with E-state index in [9.17, 15) is 4.39 Å². The van der Waals surface area contributed by atoms with Gasteiger partial charge in [-0.3, -0.25) is 0 Å². The quantitative estimate of drug-likeness (QED) is 0.821. The summed E-state index contributed by atoms with van der Waals surface area (Å²) in [5, 5.41) is 3.71. The zero-order valence-corrected chi connectivity index (χ0v) is 12.1. The first-order chi connectivity index (χ1) is 8.52. The topological polar surface area (TPSA) is 15.3 Å². The molecule has 2 nitrogen and oxygen atoms in total. The van der Waals surface area contributed by atoms with Gasteiger partial charge in [0.25, 0.3) is 0 Å². The maximum atomic E-state index is 13.1. The second-order valence-corrected chi connectivity index (χ2v) is 5.27. The van der Waals surface area contributed by atoms with Crippen molar-refractivity contribution in [1.82, 2.24) is 10.2 Å². The number of rotatable bonds is 7. The highest BCUT2D eigenvalue weighted by Crippen LogP contribution is 2.17.